The van der Waals surface area contributed by atoms with Crippen molar-refractivity contribution in [1.82, 2.24) is 14.1 Å². The summed E-state index contributed by atoms with van der Waals surface area (Å²) in [6.45, 7) is 4.10. The number of likely N-dealkylation sites (tertiary alicyclic amines) is 1. The number of amides is 3. The molecule has 1 aromatic rings. The minimum Gasteiger partial charge on any atom is -0.495 e. The predicted octanol–water partition coefficient (Wildman–Crippen LogP) is 1.18. The van der Waals surface area contributed by atoms with Gasteiger partial charge in [-0.1, -0.05) is 0 Å². The van der Waals surface area contributed by atoms with Crippen LogP contribution in [0.4, 0.5) is 10.5 Å². The first kappa shape index (κ1) is 20.4. The molecule has 0 aromatic heterocycles. The second-order valence-corrected chi connectivity index (χ2v) is 8.85. The van der Waals surface area contributed by atoms with Gasteiger partial charge in [0.05, 0.1) is 17.7 Å². The molecule has 1 N–H and O–H groups in total. The van der Waals surface area contributed by atoms with E-state index < -0.39 is 10.0 Å². The predicted molar refractivity (Wildman–Crippen MR) is 104 cm³/mol. The normalized spacial score (nSPS) is 18.2. The fraction of sp³-hybridized carbons (Fsp3) is 0.556. The van der Waals surface area contributed by atoms with Crippen molar-refractivity contribution >= 4 is 27.6 Å². The summed E-state index contributed by atoms with van der Waals surface area (Å²) in [5, 5.41) is 2.59. The standard InChI is InChI=1S/C18H26N4O5S/c1-14(23)19-16-13-15(5-6-17(16)27-2)28(25,26)22-11-9-21(10-12-22)18(24)20-7-3-4-8-20/h5-6,13H,3-4,7-12H2,1-2H3,(H,19,23). The Hall–Kier alpha value is -2.33. The quantitative estimate of drug-likeness (QED) is 0.803. The monoisotopic (exact) mass is 410 g/mol. The second-order valence-electron chi connectivity index (χ2n) is 6.91. The van der Waals surface area contributed by atoms with E-state index in [0.29, 0.717) is 24.5 Å². The van der Waals surface area contributed by atoms with Crippen molar-refractivity contribution in [3.05, 3.63) is 18.2 Å². The molecule has 2 heterocycles. The Labute approximate surface area is 165 Å². The van der Waals surface area contributed by atoms with E-state index in [1.807, 2.05) is 4.90 Å². The molecule has 2 aliphatic rings. The van der Waals surface area contributed by atoms with Crippen LogP contribution in [0.1, 0.15) is 19.8 Å². The Morgan fingerprint density at radius 2 is 1.61 bits per heavy atom. The molecule has 0 saturated carbocycles. The summed E-state index contributed by atoms with van der Waals surface area (Å²) in [7, 11) is -2.29. The second kappa shape index (κ2) is 8.36. The van der Waals surface area contributed by atoms with Crippen LogP contribution in [0, 0.1) is 0 Å². The molecule has 2 saturated heterocycles. The van der Waals surface area contributed by atoms with E-state index in [1.54, 1.807) is 4.90 Å². The summed E-state index contributed by atoms with van der Waals surface area (Å²) in [4.78, 5) is 27.5. The molecule has 3 rings (SSSR count). The number of benzene rings is 1. The van der Waals surface area contributed by atoms with Crippen molar-refractivity contribution in [2.24, 2.45) is 0 Å². The molecule has 2 aliphatic heterocycles. The SMILES string of the molecule is COc1ccc(S(=O)(=O)N2CCN(C(=O)N3CCCC3)CC2)cc1NC(C)=O. The van der Waals surface area contributed by atoms with Gasteiger partial charge in [-0.05, 0) is 31.0 Å². The number of hydrogen-bond acceptors (Lipinski definition) is 5. The Kier molecular flexibility index (Phi) is 6.09. The molecule has 0 aliphatic carbocycles. The molecule has 2 fully saturated rings. The number of hydrogen-bond donors (Lipinski definition) is 1. The largest absolute Gasteiger partial charge is 0.495 e. The fourth-order valence-corrected chi connectivity index (χ4v) is 4.96. The molecule has 154 valence electrons. The Balaban J connectivity index is 1.71. The van der Waals surface area contributed by atoms with Crippen molar-refractivity contribution in [2.45, 2.75) is 24.7 Å². The highest BCUT2D eigenvalue weighted by atomic mass is 32.2. The van der Waals surface area contributed by atoms with E-state index in [-0.39, 0.29) is 29.9 Å². The summed E-state index contributed by atoms with van der Waals surface area (Å²) >= 11 is 0. The summed E-state index contributed by atoms with van der Waals surface area (Å²) < 4.78 is 32.6. The number of urea groups is 1. The topological polar surface area (TPSA) is 99.3 Å². The molecule has 0 bridgehead atoms. The van der Waals surface area contributed by atoms with Crippen LogP contribution in [0.3, 0.4) is 0 Å². The zero-order valence-corrected chi connectivity index (χ0v) is 17.0. The van der Waals surface area contributed by atoms with Crippen LogP contribution < -0.4 is 10.1 Å². The Bertz CT molecular complexity index is 844. The average molecular weight is 410 g/mol. The maximum absolute atomic E-state index is 13.0. The molecule has 3 amide bonds. The average Bonchev–Trinajstić information content (AvgIpc) is 3.22. The molecule has 0 spiro atoms. The molecule has 0 atom stereocenters. The molecule has 9 nitrogen and oxygen atoms in total. The number of nitrogens with zero attached hydrogens (tertiary/aromatic N) is 3. The number of anilines is 1. The Morgan fingerprint density at radius 3 is 2.18 bits per heavy atom. The first-order valence-electron chi connectivity index (χ1n) is 9.32. The number of carbonyl (C=O) groups excluding carboxylic acids is 2. The number of carbonyl (C=O) groups is 2. The van der Waals surface area contributed by atoms with Crippen molar-refractivity contribution < 1.29 is 22.7 Å². The van der Waals surface area contributed by atoms with Gasteiger partial charge in [0.2, 0.25) is 15.9 Å². The van der Waals surface area contributed by atoms with Crippen LogP contribution in [0.25, 0.3) is 0 Å². The minimum absolute atomic E-state index is 0.00746. The number of sulfonamides is 1. The number of piperazine rings is 1. The van der Waals surface area contributed by atoms with E-state index >= 15 is 0 Å². The van der Waals surface area contributed by atoms with Gasteiger partial charge in [0.15, 0.2) is 0 Å². The summed E-state index contributed by atoms with van der Waals surface area (Å²) in [6, 6.07) is 4.37. The lowest BCUT2D eigenvalue weighted by Gasteiger charge is -2.36. The highest BCUT2D eigenvalue weighted by Gasteiger charge is 2.32. The van der Waals surface area contributed by atoms with Gasteiger partial charge in [0.1, 0.15) is 5.75 Å². The van der Waals surface area contributed by atoms with Crippen LogP contribution in [0.15, 0.2) is 23.1 Å². The van der Waals surface area contributed by atoms with Crippen molar-refractivity contribution in [2.75, 3.05) is 51.7 Å². The van der Waals surface area contributed by atoms with Crippen LogP contribution >= 0.6 is 0 Å². The van der Waals surface area contributed by atoms with E-state index in [9.17, 15) is 18.0 Å². The first-order chi connectivity index (χ1) is 13.3. The summed E-state index contributed by atoms with van der Waals surface area (Å²) in [5.74, 6) is 0.0667. The first-order valence-corrected chi connectivity index (χ1v) is 10.8. The minimum atomic E-state index is -3.74. The van der Waals surface area contributed by atoms with Crippen molar-refractivity contribution in [3.63, 3.8) is 0 Å². The number of rotatable bonds is 4. The molecular weight excluding hydrogens is 384 g/mol. The van der Waals surface area contributed by atoms with Crippen LogP contribution in [0.2, 0.25) is 0 Å². The molecule has 28 heavy (non-hydrogen) atoms. The number of ether oxygens (including phenoxy) is 1. The van der Waals surface area contributed by atoms with E-state index in [0.717, 1.165) is 25.9 Å². The number of methoxy groups -OCH3 is 1. The molecule has 10 heteroatoms. The molecular formula is C18H26N4O5S. The third kappa shape index (κ3) is 4.22. The van der Waals surface area contributed by atoms with Gasteiger partial charge in [-0.25, -0.2) is 13.2 Å². The molecule has 0 radical (unpaired) electrons. The van der Waals surface area contributed by atoms with Crippen LogP contribution in [-0.2, 0) is 14.8 Å². The smallest absolute Gasteiger partial charge is 0.320 e. The van der Waals surface area contributed by atoms with Gasteiger partial charge in [-0.15, -0.1) is 0 Å². The summed E-state index contributed by atoms with van der Waals surface area (Å²) in [5.41, 5.74) is 0.305. The van der Waals surface area contributed by atoms with Gasteiger partial charge in [-0.3, -0.25) is 4.79 Å². The molecule has 0 unspecified atom stereocenters. The fourth-order valence-electron chi connectivity index (χ4n) is 3.51. The lowest BCUT2D eigenvalue weighted by Crippen LogP contribution is -2.53. The van der Waals surface area contributed by atoms with Crippen LogP contribution in [0.5, 0.6) is 5.75 Å². The Morgan fingerprint density at radius 1 is 1.00 bits per heavy atom. The maximum atomic E-state index is 13.0. The van der Waals surface area contributed by atoms with Gasteiger partial charge in [-0.2, -0.15) is 4.31 Å². The highest BCUT2D eigenvalue weighted by molar-refractivity contribution is 7.89. The van der Waals surface area contributed by atoms with Gasteiger partial charge in [0.25, 0.3) is 0 Å². The zero-order valence-electron chi connectivity index (χ0n) is 16.2. The highest BCUT2D eigenvalue weighted by Crippen LogP contribution is 2.29. The summed E-state index contributed by atoms with van der Waals surface area (Å²) in [6.07, 6.45) is 2.04. The van der Waals surface area contributed by atoms with Crippen LogP contribution in [-0.4, -0.2) is 80.8 Å². The molecule has 1 aromatic carbocycles. The van der Waals surface area contributed by atoms with Gasteiger partial charge in [0, 0.05) is 46.2 Å². The van der Waals surface area contributed by atoms with E-state index in [1.165, 1.54) is 36.5 Å². The third-order valence-electron chi connectivity index (χ3n) is 5.01. The third-order valence-corrected chi connectivity index (χ3v) is 6.90. The van der Waals surface area contributed by atoms with Gasteiger partial charge < -0.3 is 19.9 Å². The van der Waals surface area contributed by atoms with Crippen molar-refractivity contribution in [1.29, 1.82) is 0 Å². The lowest BCUT2D eigenvalue weighted by molar-refractivity contribution is -0.114. The van der Waals surface area contributed by atoms with Crippen molar-refractivity contribution in [3.8, 4) is 5.75 Å². The zero-order chi connectivity index (χ0) is 20.3. The maximum Gasteiger partial charge on any atom is 0.320 e. The lowest BCUT2D eigenvalue weighted by atomic mass is 10.3. The van der Waals surface area contributed by atoms with E-state index in [2.05, 4.69) is 5.32 Å². The van der Waals surface area contributed by atoms with Gasteiger partial charge >= 0.3 is 6.03 Å². The van der Waals surface area contributed by atoms with E-state index in [4.69, 9.17) is 4.74 Å². The number of nitrogens with one attached hydrogen (secondary N) is 1.